The fourth-order valence-corrected chi connectivity index (χ4v) is 4.87. The standard InChI is InChI=1S/C22H29N3O2/c1-3-24-15-19(18-7-5-4-6-8-18)14-22(16-24)9-11-25(12-10-22)21(26)20-13-17(2)27-23-20/h4-8,13,19H,3,9-12,14-16H2,1-2H3/t19-/m1/s1. The van der Waals surface area contributed by atoms with Crippen LogP contribution in [0.5, 0.6) is 0 Å². The zero-order chi connectivity index (χ0) is 18.9. The van der Waals surface area contributed by atoms with E-state index in [1.54, 1.807) is 6.07 Å². The van der Waals surface area contributed by atoms with Crippen molar-refractivity contribution in [3.8, 4) is 0 Å². The molecule has 2 fully saturated rings. The summed E-state index contributed by atoms with van der Waals surface area (Å²) < 4.78 is 5.07. The quantitative estimate of drug-likeness (QED) is 0.830. The van der Waals surface area contributed by atoms with E-state index in [-0.39, 0.29) is 5.91 Å². The van der Waals surface area contributed by atoms with E-state index in [2.05, 4.69) is 47.3 Å². The molecule has 0 radical (unpaired) electrons. The van der Waals surface area contributed by atoms with Gasteiger partial charge in [0.05, 0.1) is 0 Å². The minimum atomic E-state index is 0.00414. The van der Waals surface area contributed by atoms with Crippen LogP contribution in [0.25, 0.3) is 0 Å². The number of piperidine rings is 2. The van der Waals surface area contributed by atoms with Crippen molar-refractivity contribution in [1.82, 2.24) is 15.0 Å². The molecule has 5 nitrogen and oxygen atoms in total. The van der Waals surface area contributed by atoms with Crippen molar-refractivity contribution in [2.45, 2.75) is 39.0 Å². The third-order valence-electron chi connectivity index (χ3n) is 6.39. The number of hydrogen-bond acceptors (Lipinski definition) is 4. The van der Waals surface area contributed by atoms with Crippen LogP contribution in [0.4, 0.5) is 0 Å². The van der Waals surface area contributed by atoms with Gasteiger partial charge in [-0.15, -0.1) is 0 Å². The summed E-state index contributed by atoms with van der Waals surface area (Å²) in [6.07, 6.45) is 3.35. The van der Waals surface area contributed by atoms with Gasteiger partial charge < -0.3 is 14.3 Å². The van der Waals surface area contributed by atoms with Crippen molar-refractivity contribution < 1.29 is 9.32 Å². The molecule has 2 saturated heterocycles. The maximum absolute atomic E-state index is 12.7. The predicted octanol–water partition coefficient (Wildman–Crippen LogP) is 3.71. The summed E-state index contributed by atoms with van der Waals surface area (Å²) >= 11 is 0. The lowest BCUT2D eigenvalue weighted by molar-refractivity contribution is 0.0155. The van der Waals surface area contributed by atoms with Gasteiger partial charge in [0.2, 0.25) is 0 Å². The molecule has 0 bridgehead atoms. The van der Waals surface area contributed by atoms with Gasteiger partial charge >= 0.3 is 0 Å². The van der Waals surface area contributed by atoms with Gasteiger partial charge in [0.15, 0.2) is 5.69 Å². The first-order chi connectivity index (χ1) is 13.1. The lowest BCUT2D eigenvalue weighted by atomic mass is 9.68. The largest absolute Gasteiger partial charge is 0.361 e. The molecule has 1 aromatic carbocycles. The van der Waals surface area contributed by atoms with Crippen LogP contribution < -0.4 is 0 Å². The molecule has 0 saturated carbocycles. The van der Waals surface area contributed by atoms with E-state index in [1.165, 1.54) is 12.0 Å². The molecule has 1 aromatic heterocycles. The summed E-state index contributed by atoms with van der Waals surface area (Å²) in [7, 11) is 0. The molecule has 2 aromatic rings. The Balaban J connectivity index is 1.46. The van der Waals surface area contributed by atoms with Gasteiger partial charge in [-0.2, -0.15) is 0 Å². The minimum absolute atomic E-state index is 0.00414. The molecule has 1 spiro atoms. The number of carbonyl (C=O) groups is 1. The summed E-state index contributed by atoms with van der Waals surface area (Å²) in [4.78, 5) is 17.2. The molecular formula is C22H29N3O2. The molecule has 4 rings (SSSR count). The van der Waals surface area contributed by atoms with Gasteiger partial charge in [0.1, 0.15) is 5.76 Å². The third kappa shape index (κ3) is 3.79. The average Bonchev–Trinajstić information content (AvgIpc) is 3.15. The lowest BCUT2D eigenvalue weighted by Gasteiger charge is -2.50. The van der Waals surface area contributed by atoms with Crippen LogP contribution in [-0.4, -0.2) is 53.6 Å². The average molecular weight is 367 g/mol. The zero-order valence-corrected chi connectivity index (χ0v) is 16.4. The van der Waals surface area contributed by atoms with Gasteiger partial charge in [-0.1, -0.05) is 42.4 Å². The second-order valence-corrected chi connectivity index (χ2v) is 8.25. The SMILES string of the molecule is CCN1C[C@H](c2ccccc2)CC2(CCN(C(=O)c3cc(C)on3)CC2)C1. The fraction of sp³-hybridized carbons (Fsp3) is 0.545. The molecule has 0 aliphatic carbocycles. The Morgan fingerprint density at radius 3 is 2.63 bits per heavy atom. The van der Waals surface area contributed by atoms with Crippen LogP contribution in [0, 0.1) is 12.3 Å². The van der Waals surface area contributed by atoms with Crippen molar-refractivity contribution in [3.05, 3.63) is 53.4 Å². The van der Waals surface area contributed by atoms with Crippen molar-refractivity contribution in [3.63, 3.8) is 0 Å². The monoisotopic (exact) mass is 367 g/mol. The lowest BCUT2D eigenvalue weighted by Crippen LogP contribution is -2.52. The van der Waals surface area contributed by atoms with Crippen molar-refractivity contribution >= 4 is 5.91 Å². The highest BCUT2D eigenvalue weighted by molar-refractivity contribution is 5.92. The van der Waals surface area contributed by atoms with Crippen molar-refractivity contribution in [2.24, 2.45) is 5.41 Å². The van der Waals surface area contributed by atoms with Gasteiger partial charge in [0.25, 0.3) is 5.91 Å². The second kappa shape index (κ2) is 7.47. The Kier molecular flexibility index (Phi) is 5.04. The molecule has 2 aliphatic rings. The smallest absolute Gasteiger partial charge is 0.276 e. The number of amides is 1. The van der Waals surface area contributed by atoms with Gasteiger partial charge in [0, 0.05) is 32.2 Å². The van der Waals surface area contributed by atoms with E-state index in [0.717, 1.165) is 45.6 Å². The molecule has 1 amide bonds. The Bertz CT molecular complexity index is 778. The van der Waals surface area contributed by atoms with E-state index in [1.807, 2.05) is 11.8 Å². The number of likely N-dealkylation sites (tertiary alicyclic amines) is 2. The highest BCUT2D eigenvalue weighted by Gasteiger charge is 2.42. The molecule has 3 heterocycles. The summed E-state index contributed by atoms with van der Waals surface area (Å²) in [5, 5.41) is 3.90. The zero-order valence-electron chi connectivity index (χ0n) is 16.4. The van der Waals surface area contributed by atoms with Gasteiger partial charge in [-0.25, -0.2) is 0 Å². The van der Waals surface area contributed by atoms with E-state index in [4.69, 9.17) is 4.52 Å². The highest BCUT2D eigenvalue weighted by Crippen LogP contribution is 2.45. The van der Waals surface area contributed by atoms with E-state index >= 15 is 0 Å². The van der Waals surface area contributed by atoms with Crippen LogP contribution in [0.3, 0.4) is 0 Å². The normalized spacial score (nSPS) is 22.9. The first-order valence-corrected chi connectivity index (χ1v) is 10.1. The Labute approximate surface area is 161 Å². The molecule has 5 heteroatoms. The Morgan fingerprint density at radius 1 is 1.26 bits per heavy atom. The molecule has 1 atom stereocenters. The van der Waals surface area contributed by atoms with E-state index in [9.17, 15) is 4.79 Å². The second-order valence-electron chi connectivity index (χ2n) is 8.25. The number of likely N-dealkylation sites (N-methyl/N-ethyl adjacent to an activating group) is 1. The van der Waals surface area contributed by atoms with Gasteiger partial charge in [-0.05, 0) is 49.6 Å². The molecule has 144 valence electrons. The molecule has 0 unspecified atom stereocenters. The van der Waals surface area contributed by atoms with Crippen molar-refractivity contribution in [1.29, 1.82) is 0 Å². The maximum Gasteiger partial charge on any atom is 0.276 e. The molecule has 0 N–H and O–H groups in total. The van der Waals surface area contributed by atoms with Gasteiger partial charge in [-0.3, -0.25) is 4.79 Å². The Hall–Kier alpha value is -2.14. The number of carbonyl (C=O) groups excluding carboxylic acids is 1. The van der Waals surface area contributed by atoms with Crippen molar-refractivity contribution in [2.75, 3.05) is 32.7 Å². The van der Waals surface area contributed by atoms with Crippen LogP contribution in [-0.2, 0) is 0 Å². The van der Waals surface area contributed by atoms with Crippen LogP contribution in [0.2, 0.25) is 0 Å². The van der Waals surface area contributed by atoms with E-state index in [0.29, 0.717) is 22.8 Å². The number of aryl methyl sites for hydroxylation is 1. The Morgan fingerprint density at radius 2 is 2.00 bits per heavy atom. The predicted molar refractivity (Wildman–Crippen MR) is 105 cm³/mol. The van der Waals surface area contributed by atoms with E-state index < -0.39 is 0 Å². The van der Waals surface area contributed by atoms with Crippen LogP contribution in [0.15, 0.2) is 40.9 Å². The highest BCUT2D eigenvalue weighted by atomic mass is 16.5. The number of aromatic nitrogens is 1. The summed E-state index contributed by atoms with van der Waals surface area (Å²) in [5.41, 5.74) is 2.20. The molecule has 2 aliphatic heterocycles. The first kappa shape index (κ1) is 18.2. The summed E-state index contributed by atoms with van der Waals surface area (Å²) in [5.74, 6) is 1.27. The molecule has 27 heavy (non-hydrogen) atoms. The topological polar surface area (TPSA) is 49.6 Å². The first-order valence-electron chi connectivity index (χ1n) is 10.1. The maximum atomic E-state index is 12.7. The number of benzene rings is 1. The number of hydrogen-bond donors (Lipinski definition) is 0. The summed E-state index contributed by atoms with van der Waals surface area (Å²) in [6, 6.07) is 12.7. The summed E-state index contributed by atoms with van der Waals surface area (Å²) in [6.45, 7) is 9.08. The van der Waals surface area contributed by atoms with Crippen LogP contribution in [0.1, 0.15) is 53.9 Å². The van der Waals surface area contributed by atoms with Crippen LogP contribution >= 0.6 is 0 Å². The number of nitrogens with zero attached hydrogens (tertiary/aromatic N) is 3. The minimum Gasteiger partial charge on any atom is -0.361 e. The number of rotatable bonds is 3. The molecular weight excluding hydrogens is 338 g/mol. The fourth-order valence-electron chi connectivity index (χ4n) is 4.87. The third-order valence-corrected chi connectivity index (χ3v) is 6.39.